The summed E-state index contributed by atoms with van der Waals surface area (Å²) in [4.78, 5) is 11.0. The van der Waals surface area contributed by atoms with E-state index in [1.165, 1.54) is 26.2 Å². The van der Waals surface area contributed by atoms with Crippen LogP contribution in [0.3, 0.4) is 0 Å². The Morgan fingerprint density at radius 2 is 2.00 bits per heavy atom. The molecular formula is C16H25N3O. The number of anilines is 2. The standard InChI is InChI=1S/C16H25N3O/c1-12(11-16-5-3-4-10-17-16)18-14-6-8-15(9-7-14)19-13(2)20/h6-9,12,16-18H,3-5,10-11H2,1-2H3,(H,19,20). The summed E-state index contributed by atoms with van der Waals surface area (Å²) in [5, 5.41) is 9.87. The predicted octanol–water partition coefficient (Wildman–Crippen LogP) is 2.98. The number of carbonyl (C=O) groups is 1. The van der Waals surface area contributed by atoms with Gasteiger partial charge in [-0.1, -0.05) is 6.42 Å². The van der Waals surface area contributed by atoms with Crippen LogP contribution in [0.15, 0.2) is 24.3 Å². The Bertz CT molecular complexity index is 424. The Morgan fingerprint density at radius 1 is 1.30 bits per heavy atom. The van der Waals surface area contributed by atoms with E-state index < -0.39 is 0 Å². The normalized spacial score (nSPS) is 20.2. The molecule has 2 unspecified atom stereocenters. The van der Waals surface area contributed by atoms with Crippen molar-refractivity contribution < 1.29 is 4.79 Å². The number of rotatable bonds is 5. The molecule has 0 aliphatic carbocycles. The van der Waals surface area contributed by atoms with E-state index in [2.05, 4.69) is 22.9 Å². The third kappa shape index (κ3) is 4.85. The van der Waals surface area contributed by atoms with E-state index in [1.807, 2.05) is 24.3 Å². The summed E-state index contributed by atoms with van der Waals surface area (Å²) >= 11 is 0. The van der Waals surface area contributed by atoms with Gasteiger partial charge in [0.05, 0.1) is 0 Å². The van der Waals surface area contributed by atoms with Gasteiger partial charge in [0, 0.05) is 30.4 Å². The van der Waals surface area contributed by atoms with Crippen molar-refractivity contribution in [2.75, 3.05) is 17.2 Å². The summed E-state index contributed by atoms with van der Waals surface area (Å²) < 4.78 is 0. The summed E-state index contributed by atoms with van der Waals surface area (Å²) in [6.07, 6.45) is 5.08. The van der Waals surface area contributed by atoms with Crippen molar-refractivity contribution in [2.24, 2.45) is 0 Å². The Morgan fingerprint density at radius 3 is 2.60 bits per heavy atom. The Labute approximate surface area is 121 Å². The fourth-order valence-electron chi connectivity index (χ4n) is 2.75. The number of hydrogen-bond donors (Lipinski definition) is 3. The Hall–Kier alpha value is -1.55. The molecule has 1 aliphatic heterocycles. The first kappa shape index (κ1) is 14.9. The monoisotopic (exact) mass is 275 g/mol. The van der Waals surface area contributed by atoms with Gasteiger partial charge in [-0.05, 0) is 57.0 Å². The molecule has 2 rings (SSSR count). The third-order valence-corrected chi connectivity index (χ3v) is 3.67. The Balaban J connectivity index is 1.81. The van der Waals surface area contributed by atoms with Gasteiger partial charge in [0.2, 0.25) is 5.91 Å². The largest absolute Gasteiger partial charge is 0.383 e. The van der Waals surface area contributed by atoms with Crippen molar-refractivity contribution in [2.45, 2.75) is 51.6 Å². The van der Waals surface area contributed by atoms with Gasteiger partial charge in [-0.25, -0.2) is 0 Å². The molecule has 1 amide bonds. The van der Waals surface area contributed by atoms with Crippen molar-refractivity contribution in [3.8, 4) is 0 Å². The van der Waals surface area contributed by atoms with Crippen LogP contribution in [-0.4, -0.2) is 24.5 Å². The van der Waals surface area contributed by atoms with Crippen LogP contribution in [-0.2, 0) is 4.79 Å². The van der Waals surface area contributed by atoms with Crippen molar-refractivity contribution in [3.63, 3.8) is 0 Å². The molecule has 4 nitrogen and oxygen atoms in total. The van der Waals surface area contributed by atoms with Crippen molar-refractivity contribution >= 4 is 17.3 Å². The molecule has 1 aliphatic rings. The molecule has 0 bridgehead atoms. The van der Waals surface area contributed by atoms with Gasteiger partial charge in [0.1, 0.15) is 0 Å². The predicted molar refractivity (Wildman–Crippen MR) is 84.1 cm³/mol. The van der Waals surface area contributed by atoms with Crippen LogP contribution in [0.4, 0.5) is 11.4 Å². The highest BCUT2D eigenvalue weighted by Crippen LogP contribution is 2.17. The number of piperidine rings is 1. The lowest BCUT2D eigenvalue weighted by atomic mass is 9.98. The minimum absolute atomic E-state index is 0.0394. The highest BCUT2D eigenvalue weighted by molar-refractivity contribution is 5.88. The molecule has 3 N–H and O–H groups in total. The zero-order valence-electron chi connectivity index (χ0n) is 12.4. The van der Waals surface area contributed by atoms with Crippen molar-refractivity contribution in [1.29, 1.82) is 0 Å². The summed E-state index contributed by atoms with van der Waals surface area (Å²) in [7, 11) is 0. The maximum Gasteiger partial charge on any atom is 0.221 e. The minimum Gasteiger partial charge on any atom is -0.383 e. The summed E-state index contributed by atoms with van der Waals surface area (Å²) in [6, 6.07) is 8.96. The average molecular weight is 275 g/mol. The molecule has 0 aromatic heterocycles. The minimum atomic E-state index is -0.0394. The van der Waals surface area contributed by atoms with Crippen LogP contribution >= 0.6 is 0 Å². The van der Waals surface area contributed by atoms with E-state index in [-0.39, 0.29) is 5.91 Å². The molecule has 20 heavy (non-hydrogen) atoms. The van der Waals surface area contributed by atoms with Crippen LogP contribution in [0.5, 0.6) is 0 Å². The number of nitrogens with one attached hydrogen (secondary N) is 3. The lowest BCUT2D eigenvalue weighted by Crippen LogP contribution is -2.37. The number of hydrogen-bond acceptors (Lipinski definition) is 3. The molecule has 1 saturated heterocycles. The molecule has 1 fully saturated rings. The first-order valence-corrected chi connectivity index (χ1v) is 7.51. The van der Waals surface area contributed by atoms with Gasteiger partial charge in [0.15, 0.2) is 0 Å². The molecule has 1 heterocycles. The molecule has 4 heteroatoms. The quantitative estimate of drug-likeness (QED) is 0.774. The topological polar surface area (TPSA) is 53.2 Å². The van der Waals surface area contributed by atoms with Crippen molar-refractivity contribution in [3.05, 3.63) is 24.3 Å². The SMILES string of the molecule is CC(=O)Nc1ccc(NC(C)CC2CCCCN2)cc1. The second-order valence-electron chi connectivity index (χ2n) is 5.69. The maximum atomic E-state index is 11.0. The third-order valence-electron chi connectivity index (χ3n) is 3.67. The van der Waals surface area contributed by atoms with Gasteiger partial charge < -0.3 is 16.0 Å². The first-order chi connectivity index (χ1) is 9.63. The maximum absolute atomic E-state index is 11.0. The van der Waals surface area contributed by atoms with Crippen LogP contribution in [0, 0.1) is 0 Å². The van der Waals surface area contributed by atoms with Gasteiger partial charge in [-0.3, -0.25) is 4.79 Å². The summed E-state index contributed by atoms with van der Waals surface area (Å²) in [6.45, 7) is 4.90. The van der Waals surface area contributed by atoms with E-state index in [4.69, 9.17) is 0 Å². The van der Waals surface area contributed by atoms with E-state index >= 15 is 0 Å². The van der Waals surface area contributed by atoms with Crippen LogP contribution in [0.25, 0.3) is 0 Å². The van der Waals surface area contributed by atoms with Crippen LogP contribution in [0.1, 0.15) is 39.5 Å². The number of amides is 1. The molecule has 0 radical (unpaired) electrons. The fraction of sp³-hybridized carbons (Fsp3) is 0.562. The summed E-state index contributed by atoms with van der Waals surface area (Å²) in [5.41, 5.74) is 1.94. The van der Waals surface area contributed by atoms with Crippen LogP contribution in [0.2, 0.25) is 0 Å². The number of benzene rings is 1. The highest BCUT2D eigenvalue weighted by atomic mass is 16.1. The molecule has 0 spiro atoms. The van der Waals surface area contributed by atoms with E-state index in [1.54, 1.807) is 0 Å². The molecule has 1 aromatic carbocycles. The zero-order chi connectivity index (χ0) is 14.4. The first-order valence-electron chi connectivity index (χ1n) is 7.51. The second kappa shape index (κ2) is 7.29. The molecule has 2 atom stereocenters. The van der Waals surface area contributed by atoms with Gasteiger partial charge in [-0.15, -0.1) is 0 Å². The smallest absolute Gasteiger partial charge is 0.221 e. The average Bonchev–Trinajstić information content (AvgIpc) is 2.41. The van der Waals surface area contributed by atoms with Crippen LogP contribution < -0.4 is 16.0 Å². The zero-order valence-corrected chi connectivity index (χ0v) is 12.4. The van der Waals surface area contributed by atoms with Crippen molar-refractivity contribution in [1.82, 2.24) is 5.32 Å². The lowest BCUT2D eigenvalue weighted by Gasteiger charge is -2.27. The van der Waals surface area contributed by atoms with Gasteiger partial charge >= 0.3 is 0 Å². The Kier molecular flexibility index (Phi) is 5.41. The number of carbonyl (C=O) groups excluding carboxylic acids is 1. The van der Waals surface area contributed by atoms with Gasteiger partial charge in [-0.2, -0.15) is 0 Å². The second-order valence-corrected chi connectivity index (χ2v) is 5.69. The molecular weight excluding hydrogens is 250 g/mol. The van der Waals surface area contributed by atoms with E-state index in [9.17, 15) is 4.79 Å². The van der Waals surface area contributed by atoms with Gasteiger partial charge in [0.25, 0.3) is 0 Å². The lowest BCUT2D eigenvalue weighted by molar-refractivity contribution is -0.114. The molecule has 110 valence electrons. The fourth-order valence-corrected chi connectivity index (χ4v) is 2.75. The summed E-state index contributed by atoms with van der Waals surface area (Å²) in [5.74, 6) is -0.0394. The van der Waals surface area contributed by atoms with E-state index in [0.29, 0.717) is 12.1 Å². The molecule has 1 aromatic rings. The van der Waals surface area contributed by atoms with E-state index in [0.717, 1.165) is 24.3 Å². The highest BCUT2D eigenvalue weighted by Gasteiger charge is 2.15. The molecule has 0 saturated carbocycles.